The van der Waals surface area contributed by atoms with Gasteiger partial charge >= 0.3 is 38.6 Å². The van der Waals surface area contributed by atoms with Gasteiger partial charge in [-0.25, -0.2) is 35.5 Å². The van der Waals surface area contributed by atoms with Gasteiger partial charge in [-0.2, -0.15) is 37.5 Å². The van der Waals surface area contributed by atoms with Crippen molar-refractivity contribution in [2.75, 3.05) is 0 Å². The molecular weight excluding hydrogens is 718 g/mol. The van der Waals surface area contributed by atoms with E-state index in [4.69, 9.17) is 10.2 Å². The Kier molecular flexibility index (Phi) is 16.7. The van der Waals surface area contributed by atoms with Crippen molar-refractivity contribution in [3.05, 3.63) is 106 Å². The van der Waals surface area contributed by atoms with Crippen molar-refractivity contribution in [1.29, 1.82) is 0 Å². The number of hydrogen-bond acceptors (Lipinski definition) is 2. The second kappa shape index (κ2) is 17.6. The minimum absolute atomic E-state index is 0. The zero-order valence-corrected chi connectivity index (χ0v) is 33.3. The van der Waals surface area contributed by atoms with E-state index in [1.807, 2.05) is 0 Å². The molecule has 0 bridgehead atoms. The van der Waals surface area contributed by atoms with E-state index in [0.29, 0.717) is 0 Å². The largest absolute Gasteiger partial charge is 2.00 e. The molecule has 0 radical (unpaired) electrons. The van der Waals surface area contributed by atoms with Crippen LogP contribution in [-0.4, -0.2) is 10.2 Å². The van der Waals surface area contributed by atoms with Crippen LogP contribution in [0.15, 0.2) is 83.0 Å². The van der Waals surface area contributed by atoms with E-state index < -0.39 is 35.0 Å². The van der Waals surface area contributed by atoms with E-state index in [1.165, 1.54) is 46.6 Å². The molecule has 2 nitrogen and oxygen atoms in total. The predicted molar refractivity (Wildman–Crippen MR) is 183 cm³/mol. The second-order valence-corrected chi connectivity index (χ2v) is 15.9. The molecule has 2 aliphatic carbocycles. The minimum Gasteiger partial charge on any atom is -0.507 e. The van der Waals surface area contributed by atoms with Crippen molar-refractivity contribution in [3.8, 4) is 11.5 Å². The average molecular weight is 770 g/mol. The van der Waals surface area contributed by atoms with Gasteiger partial charge in [-0.3, -0.25) is 0 Å². The number of halogens is 6. The third kappa shape index (κ3) is 15.9. The molecule has 0 saturated heterocycles. The third-order valence-electron chi connectivity index (χ3n) is 7.44. The molecule has 2 aromatic carbocycles. The monoisotopic (exact) mass is 768 g/mol. The number of rotatable bonds is 0. The molecule has 0 aliphatic heterocycles. The van der Waals surface area contributed by atoms with Crippen molar-refractivity contribution in [2.45, 2.75) is 108 Å². The molecule has 2 aliphatic rings. The number of allylic oxidation sites excluding steroid dienone is 8. The molecular formula is C40H52F6O2Zr. The van der Waals surface area contributed by atoms with Gasteiger partial charge in [-0.15, -0.1) is 0 Å². The summed E-state index contributed by atoms with van der Waals surface area (Å²) in [5.74, 6) is -1.47. The van der Waals surface area contributed by atoms with Gasteiger partial charge in [0.15, 0.2) is 0 Å². The van der Waals surface area contributed by atoms with Gasteiger partial charge in [0.05, 0.1) is 11.1 Å². The minimum atomic E-state index is -4.47. The fourth-order valence-corrected chi connectivity index (χ4v) is 4.34. The number of aromatic hydroxyl groups is 2. The fraction of sp³-hybridized carbons (Fsp3) is 0.500. The molecule has 2 N–H and O–H groups in total. The molecule has 0 atom stereocenters. The van der Waals surface area contributed by atoms with Crippen molar-refractivity contribution < 1.29 is 62.8 Å². The molecule has 49 heavy (non-hydrogen) atoms. The third-order valence-corrected chi connectivity index (χ3v) is 7.44. The molecule has 0 heterocycles. The van der Waals surface area contributed by atoms with Crippen molar-refractivity contribution in [3.63, 3.8) is 0 Å². The molecule has 0 fully saturated rings. The van der Waals surface area contributed by atoms with E-state index in [-0.39, 0.29) is 47.9 Å². The quantitative estimate of drug-likeness (QED) is 0.207. The maximum absolute atomic E-state index is 11.9. The van der Waals surface area contributed by atoms with E-state index >= 15 is 0 Å². The van der Waals surface area contributed by atoms with Gasteiger partial charge in [-0.05, 0) is 45.9 Å². The van der Waals surface area contributed by atoms with Crippen LogP contribution in [0.1, 0.15) is 107 Å². The van der Waals surface area contributed by atoms with Crippen LogP contribution in [0.25, 0.3) is 0 Å². The van der Waals surface area contributed by atoms with Crippen LogP contribution in [0.4, 0.5) is 26.3 Å². The first-order valence-corrected chi connectivity index (χ1v) is 15.8. The summed E-state index contributed by atoms with van der Waals surface area (Å²) >= 11 is 0. The van der Waals surface area contributed by atoms with Crippen molar-refractivity contribution >= 4 is 0 Å². The molecule has 0 unspecified atom stereocenters. The Morgan fingerprint density at radius 3 is 0.878 bits per heavy atom. The Balaban J connectivity index is 0.000000625. The van der Waals surface area contributed by atoms with Gasteiger partial charge in [0.25, 0.3) is 0 Å². The molecule has 270 valence electrons. The number of phenolic OH excluding ortho intramolecular Hbond substituents is 2. The van der Waals surface area contributed by atoms with E-state index in [1.54, 1.807) is 0 Å². The molecule has 0 spiro atoms. The normalized spacial score (nSPS) is 15.1. The molecule has 0 amide bonds. The van der Waals surface area contributed by atoms with Crippen molar-refractivity contribution in [1.82, 2.24) is 0 Å². The zero-order valence-electron chi connectivity index (χ0n) is 30.8. The summed E-state index contributed by atoms with van der Waals surface area (Å²) in [7, 11) is 0. The van der Waals surface area contributed by atoms with Crippen LogP contribution in [0, 0.1) is 33.8 Å². The molecule has 0 aromatic heterocycles. The standard InChI is InChI=1S/2C13H21.2C7H5F3O.Zr/c2*1-12(2,3)10-7-8-11(9-10)13(4,5)6;2*8-7(9,10)5-3-1-2-4-6(5)11;/h2*7H,8H2,1-6H3;2*1-4,11H;/q2*-1;;;+2. The van der Waals surface area contributed by atoms with Crippen LogP contribution < -0.4 is 0 Å². The van der Waals surface area contributed by atoms with Crippen LogP contribution in [0.3, 0.4) is 0 Å². The predicted octanol–water partition coefficient (Wildman–Crippen LogP) is 13.1. The van der Waals surface area contributed by atoms with Gasteiger partial charge in [0, 0.05) is 0 Å². The van der Waals surface area contributed by atoms with Crippen LogP contribution in [0.5, 0.6) is 11.5 Å². The number of hydrogen-bond donors (Lipinski definition) is 2. The first-order chi connectivity index (χ1) is 21.5. The summed E-state index contributed by atoms with van der Waals surface area (Å²) in [5.41, 5.74) is 4.71. The Labute approximate surface area is 309 Å². The Hall–Kier alpha value is -2.54. The summed E-state index contributed by atoms with van der Waals surface area (Å²) in [4.78, 5) is 0. The van der Waals surface area contributed by atoms with Crippen molar-refractivity contribution in [2.24, 2.45) is 21.7 Å². The summed E-state index contributed by atoms with van der Waals surface area (Å²) in [6.07, 6.45) is 4.99. The van der Waals surface area contributed by atoms with Gasteiger partial charge in [-0.1, -0.05) is 120 Å². The first kappa shape index (κ1) is 46.5. The number of alkyl halides is 6. The number of phenols is 2. The SMILES string of the molecule is CC(C)(C)C1=[C-]C(C(C)(C)C)=CC1.CC(C)(C)C1=[C-]C(C(C)(C)C)=CC1.Oc1ccccc1C(F)(F)F.Oc1ccccc1C(F)(F)F.[Zr+2]. The second-order valence-electron chi connectivity index (χ2n) is 15.9. The summed E-state index contributed by atoms with van der Waals surface area (Å²) in [5, 5.41) is 17.5. The number of para-hydroxylation sites is 2. The Bertz CT molecular complexity index is 1370. The van der Waals surface area contributed by atoms with Gasteiger partial charge in [0.2, 0.25) is 0 Å². The van der Waals surface area contributed by atoms with E-state index in [0.717, 1.165) is 37.1 Å². The van der Waals surface area contributed by atoms with Crippen LogP contribution in [0.2, 0.25) is 0 Å². The average Bonchev–Trinajstić information content (AvgIpc) is 3.60. The smallest absolute Gasteiger partial charge is 0.507 e. The molecule has 0 saturated carbocycles. The first-order valence-electron chi connectivity index (χ1n) is 15.8. The topological polar surface area (TPSA) is 40.5 Å². The van der Waals surface area contributed by atoms with Gasteiger partial charge < -0.3 is 10.2 Å². The van der Waals surface area contributed by atoms with Gasteiger partial charge in [0.1, 0.15) is 11.5 Å². The Morgan fingerprint density at radius 1 is 0.469 bits per heavy atom. The maximum Gasteiger partial charge on any atom is 2.00 e. The molecule has 9 heteroatoms. The summed E-state index contributed by atoms with van der Waals surface area (Å²) in [6.45, 7) is 27.0. The molecule has 2 aromatic rings. The van der Waals surface area contributed by atoms with E-state index in [2.05, 4.69) is 107 Å². The molecule has 4 rings (SSSR count). The van der Waals surface area contributed by atoms with Crippen LogP contribution in [-0.2, 0) is 38.6 Å². The maximum atomic E-state index is 11.9. The summed E-state index contributed by atoms with van der Waals surface area (Å²) < 4.78 is 71.3. The number of benzene rings is 2. The van der Waals surface area contributed by atoms with Crippen LogP contribution >= 0.6 is 0 Å². The Morgan fingerprint density at radius 2 is 0.735 bits per heavy atom. The summed E-state index contributed by atoms with van der Waals surface area (Å²) in [6, 6.07) is 8.79. The van der Waals surface area contributed by atoms with E-state index in [9.17, 15) is 26.3 Å². The fourth-order valence-electron chi connectivity index (χ4n) is 4.34. The zero-order chi connectivity index (χ0) is 37.5.